The van der Waals surface area contributed by atoms with Gasteiger partial charge in [-0.05, 0) is 56.5 Å². The van der Waals surface area contributed by atoms with Crippen LogP contribution in [-0.4, -0.2) is 38.2 Å². The summed E-state index contributed by atoms with van der Waals surface area (Å²) in [6.07, 6.45) is 4.06. The number of carbonyl (C=O) groups is 1. The molecule has 41 heavy (non-hydrogen) atoms. The topological polar surface area (TPSA) is 111 Å². The Balaban J connectivity index is 1.41. The fraction of sp³-hybridized carbons (Fsp3) is 0.312. The first-order chi connectivity index (χ1) is 19.5. The summed E-state index contributed by atoms with van der Waals surface area (Å²) >= 11 is 0. The number of rotatable bonds is 5. The van der Waals surface area contributed by atoms with E-state index in [2.05, 4.69) is 20.4 Å². The normalized spacial score (nSPS) is 16.0. The third-order valence-corrected chi connectivity index (χ3v) is 7.69. The Morgan fingerprint density at radius 1 is 1.22 bits per heavy atom. The van der Waals surface area contributed by atoms with E-state index in [0.717, 1.165) is 27.6 Å². The van der Waals surface area contributed by atoms with E-state index in [1.807, 2.05) is 77.1 Å². The number of fused-ring (bicyclic) bond motifs is 3. The van der Waals surface area contributed by atoms with Gasteiger partial charge in [-0.1, -0.05) is 26.0 Å². The third kappa shape index (κ3) is 4.71. The molecule has 5 aromatic rings. The van der Waals surface area contributed by atoms with Crippen LogP contribution >= 0.6 is 0 Å². The average molecular weight is 552 g/mol. The van der Waals surface area contributed by atoms with Gasteiger partial charge in [0.25, 0.3) is 11.5 Å². The fourth-order valence-corrected chi connectivity index (χ4v) is 5.72. The molecule has 0 radical (unpaired) electrons. The molecular formula is C32H33N5O4. The zero-order valence-electron chi connectivity index (χ0n) is 24.0. The number of hydrogen-bond donors (Lipinski definition) is 2. The van der Waals surface area contributed by atoms with E-state index in [-0.39, 0.29) is 29.1 Å². The van der Waals surface area contributed by atoms with Crippen LogP contribution in [0, 0.1) is 6.92 Å². The van der Waals surface area contributed by atoms with Gasteiger partial charge in [0.1, 0.15) is 22.6 Å². The summed E-state index contributed by atoms with van der Waals surface area (Å²) in [6, 6.07) is 13.3. The number of nitrogens with one attached hydrogen (secondary N) is 2. The zero-order chi connectivity index (χ0) is 29.1. The van der Waals surface area contributed by atoms with Gasteiger partial charge < -0.3 is 19.8 Å². The Hall–Kier alpha value is -4.66. The highest BCUT2D eigenvalue weighted by Crippen LogP contribution is 2.41. The molecule has 1 atom stereocenters. The summed E-state index contributed by atoms with van der Waals surface area (Å²) in [7, 11) is 1.61. The van der Waals surface area contributed by atoms with Crippen LogP contribution in [0.15, 0.2) is 59.7 Å². The van der Waals surface area contributed by atoms with Gasteiger partial charge in [0, 0.05) is 40.8 Å². The lowest BCUT2D eigenvalue weighted by molar-refractivity contribution is 0.0615. The second-order valence-corrected chi connectivity index (χ2v) is 11.6. The predicted molar refractivity (Wildman–Crippen MR) is 158 cm³/mol. The molecule has 1 unspecified atom stereocenters. The van der Waals surface area contributed by atoms with Gasteiger partial charge in [-0.2, -0.15) is 5.10 Å². The number of pyridine rings is 1. The molecule has 0 aliphatic carbocycles. The van der Waals surface area contributed by atoms with Crippen molar-refractivity contribution < 1.29 is 14.3 Å². The van der Waals surface area contributed by atoms with Crippen molar-refractivity contribution in [3.63, 3.8) is 0 Å². The van der Waals surface area contributed by atoms with Gasteiger partial charge >= 0.3 is 0 Å². The van der Waals surface area contributed by atoms with Gasteiger partial charge in [0.2, 0.25) is 0 Å². The van der Waals surface area contributed by atoms with Crippen molar-refractivity contribution in [1.29, 1.82) is 0 Å². The maximum absolute atomic E-state index is 13.8. The summed E-state index contributed by atoms with van der Waals surface area (Å²) < 4.78 is 13.1. The van der Waals surface area contributed by atoms with Crippen molar-refractivity contribution in [1.82, 2.24) is 24.9 Å². The van der Waals surface area contributed by atoms with Gasteiger partial charge in [-0.25, -0.2) is 4.52 Å². The van der Waals surface area contributed by atoms with E-state index in [1.165, 1.54) is 4.52 Å². The maximum atomic E-state index is 13.8. The summed E-state index contributed by atoms with van der Waals surface area (Å²) in [5, 5.41) is 8.84. The number of aromatic nitrogens is 4. The maximum Gasteiger partial charge on any atom is 0.274 e. The highest BCUT2D eigenvalue weighted by atomic mass is 16.5. The zero-order valence-corrected chi connectivity index (χ0v) is 24.0. The number of methoxy groups -OCH3 is 1. The Morgan fingerprint density at radius 2 is 2.02 bits per heavy atom. The lowest BCUT2D eigenvalue weighted by Gasteiger charge is -2.38. The molecule has 9 nitrogen and oxygen atoms in total. The number of aryl methyl sites for hydroxylation is 1. The van der Waals surface area contributed by atoms with Crippen molar-refractivity contribution in [3.8, 4) is 22.8 Å². The minimum Gasteiger partial charge on any atom is -0.497 e. The van der Waals surface area contributed by atoms with Crippen LogP contribution in [0.4, 0.5) is 0 Å². The number of nitrogens with zero attached hydrogens (tertiary/aromatic N) is 3. The van der Waals surface area contributed by atoms with Crippen LogP contribution in [0.2, 0.25) is 0 Å². The number of amides is 1. The highest BCUT2D eigenvalue weighted by molar-refractivity contribution is 5.96. The molecule has 1 aliphatic rings. The second kappa shape index (κ2) is 9.76. The van der Waals surface area contributed by atoms with Crippen molar-refractivity contribution in [2.75, 3.05) is 7.11 Å². The molecule has 0 saturated heterocycles. The Kier molecular flexibility index (Phi) is 6.32. The summed E-state index contributed by atoms with van der Waals surface area (Å²) in [5.74, 6) is 0.893. The molecule has 9 heteroatoms. The van der Waals surface area contributed by atoms with Crippen molar-refractivity contribution in [2.24, 2.45) is 0 Å². The minimum absolute atomic E-state index is 0.118. The number of benzene rings is 2. The van der Waals surface area contributed by atoms with Gasteiger partial charge in [-0.15, -0.1) is 0 Å². The molecule has 0 bridgehead atoms. The number of aromatic amines is 1. The lowest BCUT2D eigenvalue weighted by atomic mass is 9.89. The molecule has 4 heterocycles. The Bertz CT molecular complexity index is 1890. The number of H-pyrrole nitrogens is 1. The van der Waals surface area contributed by atoms with Crippen LogP contribution in [0.3, 0.4) is 0 Å². The Morgan fingerprint density at radius 3 is 2.78 bits per heavy atom. The highest BCUT2D eigenvalue weighted by Gasteiger charge is 2.36. The predicted octanol–water partition coefficient (Wildman–Crippen LogP) is 5.71. The van der Waals surface area contributed by atoms with Crippen LogP contribution < -0.4 is 20.3 Å². The fourth-order valence-electron chi connectivity index (χ4n) is 5.72. The third-order valence-electron chi connectivity index (χ3n) is 7.69. The van der Waals surface area contributed by atoms with Crippen LogP contribution in [0.5, 0.6) is 11.5 Å². The van der Waals surface area contributed by atoms with E-state index >= 15 is 0 Å². The quantitative estimate of drug-likeness (QED) is 0.290. The van der Waals surface area contributed by atoms with Crippen LogP contribution in [-0.2, 0) is 0 Å². The summed E-state index contributed by atoms with van der Waals surface area (Å²) in [6.45, 7) is 9.92. The first kappa shape index (κ1) is 26.6. The SMILES string of the molecule is COc1ccc2c(c1)OC(C)(C)CC2NC(=O)c1nn2cc(-c3cnc4cccc(C)c4c3)[nH]c(=O)c2c1C(C)C. The molecule has 0 fully saturated rings. The van der Waals surface area contributed by atoms with Crippen LogP contribution in [0.1, 0.15) is 73.3 Å². The largest absolute Gasteiger partial charge is 0.497 e. The molecule has 210 valence electrons. The molecule has 1 amide bonds. The van der Waals surface area contributed by atoms with E-state index in [4.69, 9.17) is 9.47 Å². The first-order valence-electron chi connectivity index (χ1n) is 13.7. The standard InChI is InChI=1S/C32H33N5O4/c1-17(2)27-28(30(38)34-24-14-32(4,5)41-26-13-20(40-6)10-11-21(24)26)36-37-16-25(35-31(39)29(27)37)19-12-22-18(3)8-7-9-23(22)33-15-19/h7-13,15-17,24H,14H2,1-6H3,(H,34,38)(H,35,39). The van der Waals surface area contributed by atoms with E-state index in [1.54, 1.807) is 19.5 Å². The monoisotopic (exact) mass is 551 g/mol. The Labute approximate surface area is 237 Å². The van der Waals surface area contributed by atoms with Crippen molar-refractivity contribution in [3.05, 3.63) is 87.6 Å². The molecule has 3 aromatic heterocycles. The van der Waals surface area contributed by atoms with Crippen molar-refractivity contribution >= 4 is 22.3 Å². The summed E-state index contributed by atoms with van der Waals surface area (Å²) in [5.41, 5.74) is 4.55. The molecule has 2 aromatic carbocycles. The van der Waals surface area contributed by atoms with Crippen LogP contribution in [0.25, 0.3) is 27.7 Å². The first-order valence-corrected chi connectivity index (χ1v) is 13.7. The molecule has 2 N–H and O–H groups in total. The molecule has 1 aliphatic heterocycles. The second-order valence-electron chi connectivity index (χ2n) is 11.6. The van der Waals surface area contributed by atoms with Gasteiger partial charge in [0.15, 0.2) is 5.69 Å². The number of hydrogen-bond acceptors (Lipinski definition) is 6. The van der Waals surface area contributed by atoms with E-state index < -0.39 is 5.60 Å². The van der Waals surface area contributed by atoms with Gasteiger partial charge in [-0.3, -0.25) is 14.6 Å². The average Bonchev–Trinajstić information content (AvgIpc) is 3.33. The molecule has 0 saturated carbocycles. The summed E-state index contributed by atoms with van der Waals surface area (Å²) in [4.78, 5) is 34.9. The smallest absolute Gasteiger partial charge is 0.274 e. The lowest BCUT2D eigenvalue weighted by Crippen LogP contribution is -2.41. The number of carbonyl (C=O) groups excluding carboxylic acids is 1. The molecule has 0 spiro atoms. The number of ether oxygens (including phenoxy) is 2. The molecular weight excluding hydrogens is 518 g/mol. The van der Waals surface area contributed by atoms with Gasteiger partial charge in [0.05, 0.1) is 30.6 Å². The molecule has 6 rings (SSSR count). The van der Waals surface area contributed by atoms with Crippen molar-refractivity contribution in [2.45, 2.75) is 58.6 Å². The minimum atomic E-state index is -0.505. The van der Waals surface area contributed by atoms with E-state index in [0.29, 0.717) is 34.7 Å². The van der Waals surface area contributed by atoms with E-state index in [9.17, 15) is 9.59 Å².